The smallest absolute Gasteiger partial charge is 0.266 e. The van der Waals surface area contributed by atoms with E-state index in [-0.39, 0.29) is 5.15 Å². The molecule has 0 bridgehead atoms. The van der Waals surface area contributed by atoms with Gasteiger partial charge in [-0.2, -0.15) is 0 Å². The van der Waals surface area contributed by atoms with Crippen LogP contribution in [-0.4, -0.2) is 4.98 Å². The normalized spacial score (nSPS) is 10.8. The van der Waals surface area contributed by atoms with Crippen LogP contribution in [0.1, 0.15) is 12.0 Å². The fourth-order valence-electron chi connectivity index (χ4n) is 0.695. The van der Waals surface area contributed by atoms with Crippen molar-refractivity contribution in [1.82, 2.24) is 4.98 Å². The Morgan fingerprint density at radius 3 is 2.58 bits per heavy atom. The molecule has 0 amide bonds. The zero-order valence-electron chi connectivity index (χ0n) is 5.69. The quantitative estimate of drug-likeness (QED) is 0.701. The number of hydrogen-bond acceptors (Lipinski definition) is 2. The summed E-state index contributed by atoms with van der Waals surface area (Å²) in [5.74, 6) is -1.83. The molecule has 1 aromatic rings. The van der Waals surface area contributed by atoms with Crippen LogP contribution in [-0.2, 0) is 0 Å². The highest BCUT2D eigenvalue weighted by Gasteiger charge is 2.17. The highest BCUT2D eigenvalue weighted by atomic mass is 35.5. The second-order valence-corrected chi connectivity index (χ2v) is 2.42. The van der Waals surface area contributed by atoms with Crippen LogP contribution in [0.2, 0.25) is 5.15 Å². The Bertz CT molecular complexity index is 303. The molecule has 2 nitrogen and oxygen atoms in total. The SMILES string of the molecule is Nc1nc(Cl)cc(C(F)F)c1F. The highest BCUT2D eigenvalue weighted by Crippen LogP contribution is 2.26. The molecule has 0 aliphatic carbocycles. The topological polar surface area (TPSA) is 38.9 Å². The van der Waals surface area contributed by atoms with E-state index in [1.807, 2.05) is 0 Å². The summed E-state index contributed by atoms with van der Waals surface area (Å²) in [5.41, 5.74) is 4.13. The van der Waals surface area contributed by atoms with Crippen molar-refractivity contribution >= 4 is 17.4 Å². The van der Waals surface area contributed by atoms with Crippen LogP contribution in [0.25, 0.3) is 0 Å². The van der Waals surface area contributed by atoms with Gasteiger partial charge in [0.15, 0.2) is 11.6 Å². The lowest BCUT2D eigenvalue weighted by Crippen LogP contribution is -2.00. The number of nitrogens with zero attached hydrogens (tertiary/aromatic N) is 1. The van der Waals surface area contributed by atoms with E-state index in [9.17, 15) is 13.2 Å². The first-order chi connectivity index (χ1) is 5.52. The molecular weight excluding hydrogens is 193 g/mol. The first-order valence-electron chi connectivity index (χ1n) is 2.92. The molecule has 6 heteroatoms. The summed E-state index contributed by atoms with van der Waals surface area (Å²) in [4.78, 5) is 3.25. The predicted octanol–water partition coefficient (Wildman–Crippen LogP) is 2.39. The van der Waals surface area contributed by atoms with Crippen LogP contribution in [0.4, 0.5) is 19.0 Å². The first-order valence-corrected chi connectivity index (χ1v) is 3.29. The van der Waals surface area contributed by atoms with Gasteiger partial charge in [-0.05, 0) is 6.07 Å². The predicted molar refractivity (Wildman–Crippen MR) is 38.6 cm³/mol. The average molecular weight is 197 g/mol. The maximum absolute atomic E-state index is 12.7. The Labute approximate surface area is 71.2 Å². The highest BCUT2D eigenvalue weighted by molar-refractivity contribution is 6.29. The molecule has 2 N–H and O–H groups in total. The Morgan fingerprint density at radius 2 is 2.08 bits per heavy atom. The van der Waals surface area contributed by atoms with Crippen LogP contribution in [0.15, 0.2) is 6.07 Å². The number of nitrogen functional groups attached to an aromatic ring is 1. The monoisotopic (exact) mass is 196 g/mol. The number of halogens is 4. The first kappa shape index (κ1) is 9.12. The Hall–Kier alpha value is -0.970. The fraction of sp³-hybridized carbons (Fsp3) is 0.167. The second-order valence-electron chi connectivity index (χ2n) is 2.03. The van der Waals surface area contributed by atoms with Crippen LogP contribution in [0, 0.1) is 5.82 Å². The van der Waals surface area contributed by atoms with Gasteiger partial charge < -0.3 is 5.73 Å². The number of alkyl halides is 2. The minimum absolute atomic E-state index is 0.246. The third kappa shape index (κ3) is 1.61. The summed E-state index contributed by atoms with van der Waals surface area (Å²) in [6.45, 7) is 0. The lowest BCUT2D eigenvalue weighted by atomic mass is 10.2. The zero-order chi connectivity index (χ0) is 9.30. The molecule has 0 spiro atoms. The molecule has 0 saturated carbocycles. The van der Waals surface area contributed by atoms with E-state index < -0.39 is 23.6 Å². The van der Waals surface area contributed by atoms with Gasteiger partial charge in [0.25, 0.3) is 6.43 Å². The van der Waals surface area contributed by atoms with Crippen LogP contribution in [0.5, 0.6) is 0 Å². The number of hydrogen-bond donors (Lipinski definition) is 1. The molecule has 0 atom stereocenters. The van der Waals surface area contributed by atoms with Crippen molar-refractivity contribution in [2.24, 2.45) is 0 Å². The fourth-order valence-corrected chi connectivity index (χ4v) is 0.903. The summed E-state index contributed by atoms with van der Waals surface area (Å²) >= 11 is 5.28. The molecule has 1 aromatic heterocycles. The number of pyridine rings is 1. The van der Waals surface area contributed by atoms with E-state index in [0.717, 1.165) is 6.07 Å². The number of aromatic nitrogens is 1. The third-order valence-electron chi connectivity index (χ3n) is 1.22. The molecule has 12 heavy (non-hydrogen) atoms. The lowest BCUT2D eigenvalue weighted by Gasteiger charge is -2.03. The molecule has 0 fully saturated rings. The Kier molecular flexibility index (Phi) is 2.42. The van der Waals surface area contributed by atoms with Gasteiger partial charge in [0.1, 0.15) is 5.15 Å². The molecule has 0 aliphatic rings. The molecule has 1 heterocycles. The largest absolute Gasteiger partial charge is 0.381 e. The van der Waals surface area contributed by atoms with E-state index >= 15 is 0 Å². The standard InChI is InChI=1S/C6H4ClF3N2/c7-3-1-2(5(9)10)4(8)6(11)12-3/h1,5H,(H2,11,12). The van der Waals surface area contributed by atoms with Crippen molar-refractivity contribution in [2.45, 2.75) is 6.43 Å². The summed E-state index contributed by atoms with van der Waals surface area (Å²) in [6.07, 6.45) is -2.94. The number of anilines is 1. The summed E-state index contributed by atoms with van der Waals surface area (Å²) in [6, 6.07) is 0.748. The third-order valence-corrected chi connectivity index (χ3v) is 1.41. The van der Waals surface area contributed by atoms with Crippen molar-refractivity contribution in [2.75, 3.05) is 5.73 Å². The van der Waals surface area contributed by atoms with Crippen molar-refractivity contribution < 1.29 is 13.2 Å². The maximum atomic E-state index is 12.7. The number of rotatable bonds is 1. The van der Waals surface area contributed by atoms with Gasteiger partial charge in [-0.3, -0.25) is 0 Å². The van der Waals surface area contributed by atoms with E-state index in [2.05, 4.69) is 4.98 Å². The molecule has 0 aromatic carbocycles. The Morgan fingerprint density at radius 1 is 1.50 bits per heavy atom. The average Bonchev–Trinajstić information content (AvgIpc) is 1.96. The van der Waals surface area contributed by atoms with E-state index in [4.69, 9.17) is 17.3 Å². The molecule has 66 valence electrons. The van der Waals surface area contributed by atoms with Crippen molar-refractivity contribution in [3.63, 3.8) is 0 Å². The molecule has 0 saturated heterocycles. The summed E-state index contributed by atoms with van der Waals surface area (Å²) in [5, 5.41) is -0.246. The lowest BCUT2D eigenvalue weighted by molar-refractivity contribution is 0.146. The molecule has 0 unspecified atom stereocenters. The number of nitrogens with two attached hydrogens (primary N) is 1. The van der Waals surface area contributed by atoms with Gasteiger partial charge in [0.05, 0.1) is 5.56 Å². The summed E-state index contributed by atoms with van der Waals surface area (Å²) < 4.78 is 36.7. The second kappa shape index (κ2) is 3.18. The molecule has 0 radical (unpaired) electrons. The van der Waals surface area contributed by atoms with Crippen LogP contribution < -0.4 is 5.73 Å². The summed E-state index contributed by atoms with van der Waals surface area (Å²) in [7, 11) is 0. The van der Waals surface area contributed by atoms with Crippen LogP contribution >= 0.6 is 11.6 Å². The van der Waals surface area contributed by atoms with E-state index in [0.29, 0.717) is 0 Å². The van der Waals surface area contributed by atoms with Crippen LogP contribution in [0.3, 0.4) is 0 Å². The molecule has 0 aliphatic heterocycles. The molecule has 1 rings (SSSR count). The van der Waals surface area contributed by atoms with Crippen molar-refractivity contribution in [1.29, 1.82) is 0 Å². The van der Waals surface area contributed by atoms with Gasteiger partial charge >= 0.3 is 0 Å². The van der Waals surface area contributed by atoms with Gasteiger partial charge in [0, 0.05) is 0 Å². The molecular formula is C6H4ClF3N2. The van der Waals surface area contributed by atoms with Crippen molar-refractivity contribution in [3.8, 4) is 0 Å². The van der Waals surface area contributed by atoms with Gasteiger partial charge in [0.2, 0.25) is 0 Å². The van der Waals surface area contributed by atoms with Crippen molar-refractivity contribution in [3.05, 3.63) is 22.6 Å². The zero-order valence-corrected chi connectivity index (χ0v) is 6.45. The van der Waals surface area contributed by atoms with Gasteiger partial charge in [-0.1, -0.05) is 11.6 Å². The Balaban J connectivity index is 3.28. The van der Waals surface area contributed by atoms with Gasteiger partial charge in [-0.25, -0.2) is 18.2 Å². The minimum atomic E-state index is -2.94. The minimum Gasteiger partial charge on any atom is -0.381 e. The van der Waals surface area contributed by atoms with E-state index in [1.165, 1.54) is 0 Å². The maximum Gasteiger partial charge on any atom is 0.266 e. The van der Waals surface area contributed by atoms with Gasteiger partial charge in [-0.15, -0.1) is 0 Å². The van der Waals surface area contributed by atoms with E-state index in [1.54, 1.807) is 0 Å².